The van der Waals surface area contributed by atoms with Gasteiger partial charge in [-0.2, -0.15) is 5.10 Å². The second kappa shape index (κ2) is 8.74. The van der Waals surface area contributed by atoms with Crippen molar-refractivity contribution in [2.45, 2.75) is 39.5 Å². The van der Waals surface area contributed by atoms with Crippen molar-refractivity contribution in [3.63, 3.8) is 0 Å². The third-order valence-electron chi connectivity index (χ3n) is 4.97. The highest BCUT2D eigenvalue weighted by molar-refractivity contribution is 6.30. The average Bonchev–Trinajstić information content (AvgIpc) is 3.07. The summed E-state index contributed by atoms with van der Waals surface area (Å²) < 4.78 is 7.90. The standard InChI is InChI=1S/C21H25ClN2O3/c1-3-14(4-2)13-27-20-9-8-16(22)10-15(20)12-24-19-7-5-6-17(21(25)26)18(19)11-23-24/h5-11,14,21,25-26H,3-4,12-13H2,1-2H3. The Balaban J connectivity index is 1.90. The number of halogens is 1. The monoisotopic (exact) mass is 388 g/mol. The lowest BCUT2D eigenvalue weighted by atomic mass is 10.1. The molecule has 2 aromatic carbocycles. The number of ether oxygens (including phenoxy) is 1. The average molecular weight is 389 g/mol. The third kappa shape index (κ3) is 4.43. The number of hydrogen-bond acceptors (Lipinski definition) is 4. The van der Waals surface area contributed by atoms with E-state index < -0.39 is 6.29 Å². The van der Waals surface area contributed by atoms with E-state index in [-0.39, 0.29) is 0 Å². The van der Waals surface area contributed by atoms with Crippen LogP contribution in [0.3, 0.4) is 0 Å². The predicted octanol–water partition coefficient (Wildman–Crippen LogP) is 4.54. The predicted molar refractivity (Wildman–Crippen MR) is 107 cm³/mol. The van der Waals surface area contributed by atoms with Gasteiger partial charge in [0.05, 0.1) is 24.9 Å². The van der Waals surface area contributed by atoms with Gasteiger partial charge in [-0.3, -0.25) is 4.68 Å². The molecule has 5 nitrogen and oxygen atoms in total. The number of aliphatic hydroxyl groups is 2. The van der Waals surface area contributed by atoms with Crippen molar-refractivity contribution in [2.75, 3.05) is 6.61 Å². The van der Waals surface area contributed by atoms with Gasteiger partial charge in [0.1, 0.15) is 5.75 Å². The van der Waals surface area contributed by atoms with E-state index in [0.717, 1.165) is 29.7 Å². The molecule has 0 radical (unpaired) electrons. The highest BCUT2D eigenvalue weighted by Crippen LogP contribution is 2.28. The lowest BCUT2D eigenvalue weighted by molar-refractivity contribution is -0.0413. The maximum atomic E-state index is 9.55. The SMILES string of the molecule is CCC(CC)COc1ccc(Cl)cc1Cn1ncc2c(C(O)O)cccc21. The van der Waals surface area contributed by atoms with Crippen molar-refractivity contribution in [3.05, 3.63) is 58.7 Å². The lowest BCUT2D eigenvalue weighted by Crippen LogP contribution is -2.12. The van der Waals surface area contributed by atoms with Gasteiger partial charge in [0.15, 0.2) is 6.29 Å². The summed E-state index contributed by atoms with van der Waals surface area (Å²) in [7, 11) is 0. The van der Waals surface area contributed by atoms with Crippen LogP contribution in [-0.2, 0) is 6.54 Å². The van der Waals surface area contributed by atoms with Crippen molar-refractivity contribution in [1.82, 2.24) is 9.78 Å². The summed E-state index contributed by atoms with van der Waals surface area (Å²) in [6, 6.07) is 11.0. The van der Waals surface area contributed by atoms with Gasteiger partial charge in [-0.15, -0.1) is 0 Å². The van der Waals surface area contributed by atoms with Gasteiger partial charge in [-0.1, -0.05) is 50.4 Å². The molecule has 6 heteroatoms. The molecule has 0 atom stereocenters. The second-order valence-corrected chi connectivity index (χ2v) is 7.14. The zero-order valence-electron chi connectivity index (χ0n) is 15.6. The van der Waals surface area contributed by atoms with Crippen LogP contribution in [0.25, 0.3) is 10.9 Å². The summed E-state index contributed by atoms with van der Waals surface area (Å²) in [5, 5.41) is 24.9. The van der Waals surface area contributed by atoms with Gasteiger partial charge < -0.3 is 14.9 Å². The topological polar surface area (TPSA) is 67.5 Å². The zero-order valence-corrected chi connectivity index (χ0v) is 16.4. The Morgan fingerprint density at radius 2 is 1.93 bits per heavy atom. The lowest BCUT2D eigenvalue weighted by Gasteiger charge is -2.17. The van der Waals surface area contributed by atoms with Crippen LogP contribution < -0.4 is 4.74 Å². The molecule has 0 fully saturated rings. The quantitative estimate of drug-likeness (QED) is 0.556. The van der Waals surface area contributed by atoms with Gasteiger partial charge in [0.25, 0.3) is 0 Å². The minimum Gasteiger partial charge on any atom is -0.493 e. The number of aromatic nitrogens is 2. The molecule has 0 aliphatic carbocycles. The van der Waals surface area contributed by atoms with E-state index in [0.29, 0.717) is 35.0 Å². The van der Waals surface area contributed by atoms with Crippen LogP contribution in [-0.4, -0.2) is 26.6 Å². The van der Waals surface area contributed by atoms with Crippen molar-refractivity contribution in [3.8, 4) is 5.75 Å². The van der Waals surface area contributed by atoms with E-state index >= 15 is 0 Å². The molecule has 1 aromatic heterocycles. The third-order valence-corrected chi connectivity index (χ3v) is 5.21. The normalized spacial score (nSPS) is 11.7. The minimum atomic E-state index is -1.53. The van der Waals surface area contributed by atoms with Crippen molar-refractivity contribution in [1.29, 1.82) is 0 Å². The molecule has 27 heavy (non-hydrogen) atoms. The first-order chi connectivity index (χ1) is 13.0. The van der Waals surface area contributed by atoms with Gasteiger partial charge in [-0.25, -0.2) is 0 Å². The number of nitrogens with zero attached hydrogens (tertiary/aromatic N) is 2. The van der Waals surface area contributed by atoms with Crippen LogP contribution in [0, 0.1) is 5.92 Å². The first kappa shape index (κ1) is 19.7. The van der Waals surface area contributed by atoms with Crippen LogP contribution in [0.2, 0.25) is 5.02 Å². The fourth-order valence-electron chi connectivity index (χ4n) is 3.18. The smallest absolute Gasteiger partial charge is 0.179 e. The summed E-state index contributed by atoms with van der Waals surface area (Å²) >= 11 is 6.21. The molecule has 0 aliphatic heterocycles. The van der Waals surface area contributed by atoms with Gasteiger partial charge in [0, 0.05) is 21.5 Å². The van der Waals surface area contributed by atoms with Crippen molar-refractivity contribution < 1.29 is 14.9 Å². The molecule has 2 N–H and O–H groups in total. The molecule has 0 spiro atoms. The molecule has 0 amide bonds. The van der Waals surface area contributed by atoms with Crippen LogP contribution in [0.4, 0.5) is 0 Å². The molecule has 0 saturated carbocycles. The molecule has 144 valence electrons. The summed E-state index contributed by atoms with van der Waals surface area (Å²) in [5.74, 6) is 1.32. The van der Waals surface area contributed by atoms with Gasteiger partial charge >= 0.3 is 0 Å². The molecule has 0 aliphatic rings. The number of fused-ring (bicyclic) bond motifs is 1. The maximum Gasteiger partial charge on any atom is 0.179 e. The first-order valence-electron chi connectivity index (χ1n) is 9.25. The van der Waals surface area contributed by atoms with E-state index in [2.05, 4.69) is 18.9 Å². The molecule has 3 rings (SSSR count). The zero-order chi connectivity index (χ0) is 19.4. The summed E-state index contributed by atoms with van der Waals surface area (Å²) in [5.41, 5.74) is 2.20. The number of benzene rings is 2. The van der Waals surface area contributed by atoms with Crippen LogP contribution in [0.5, 0.6) is 5.75 Å². The van der Waals surface area contributed by atoms with Crippen molar-refractivity contribution in [2.24, 2.45) is 5.92 Å². The highest BCUT2D eigenvalue weighted by atomic mass is 35.5. The Bertz CT molecular complexity index is 904. The number of rotatable bonds is 8. The molecular formula is C21H25ClN2O3. The van der Waals surface area contributed by atoms with E-state index in [1.165, 1.54) is 0 Å². The Labute approximate surface area is 164 Å². The maximum absolute atomic E-state index is 9.55. The fraction of sp³-hybridized carbons (Fsp3) is 0.381. The second-order valence-electron chi connectivity index (χ2n) is 6.70. The highest BCUT2D eigenvalue weighted by Gasteiger charge is 2.14. The Morgan fingerprint density at radius 1 is 1.15 bits per heavy atom. The summed E-state index contributed by atoms with van der Waals surface area (Å²) in [6.45, 7) is 5.49. The van der Waals surface area contributed by atoms with Crippen LogP contribution in [0.1, 0.15) is 44.1 Å². The summed E-state index contributed by atoms with van der Waals surface area (Å²) in [6.07, 6.45) is 2.28. The Morgan fingerprint density at radius 3 is 2.63 bits per heavy atom. The molecule has 0 unspecified atom stereocenters. The number of hydrogen-bond donors (Lipinski definition) is 2. The fourth-order valence-corrected chi connectivity index (χ4v) is 3.38. The van der Waals surface area contributed by atoms with E-state index in [4.69, 9.17) is 16.3 Å². The Kier molecular flexibility index (Phi) is 6.37. The summed E-state index contributed by atoms with van der Waals surface area (Å²) in [4.78, 5) is 0. The largest absolute Gasteiger partial charge is 0.493 e. The minimum absolute atomic E-state index is 0.440. The van der Waals surface area contributed by atoms with Crippen molar-refractivity contribution >= 4 is 22.5 Å². The van der Waals surface area contributed by atoms with Crippen LogP contribution >= 0.6 is 11.6 Å². The van der Waals surface area contributed by atoms with Gasteiger partial charge in [-0.05, 0) is 30.2 Å². The molecule has 3 aromatic rings. The Hall–Kier alpha value is -2.08. The molecule has 1 heterocycles. The van der Waals surface area contributed by atoms with Gasteiger partial charge in [0.2, 0.25) is 0 Å². The molecule has 0 saturated heterocycles. The van der Waals surface area contributed by atoms with Crippen LogP contribution in [0.15, 0.2) is 42.6 Å². The molecular weight excluding hydrogens is 364 g/mol. The number of aliphatic hydroxyl groups excluding tert-OH is 1. The first-order valence-corrected chi connectivity index (χ1v) is 9.63. The van der Waals surface area contributed by atoms with E-state index in [1.54, 1.807) is 18.3 Å². The van der Waals surface area contributed by atoms with E-state index in [1.807, 2.05) is 28.9 Å². The molecule has 0 bridgehead atoms. The van der Waals surface area contributed by atoms with E-state index in [9.17, 15) is 10.2 Å².